The SMILES string of the molecule is CCOC(=O)c1ccc(NC(=O)C[C@H]2C(=O)NCCN2C(=O)CN2CCN(c3cccc(C(F)(F)F)c3)CC2)cc1. The summed E-state index contributed by atoms with van der Waals surface area (Å²) in [5.41, 5.74) is 0.527. The van der Waals surface area contributed by atoms with Gasteiger partial charge in [0.2, 0.25) is 17.7 Å². The van der Waals surface area contributed by atoms with Crippen LogP contribution in [-0.4, -0.2) is 92.0 Å². The highest BCUT2D eigenvalue weighted by Crippen LogP contribution is 2.32. The van der Waals surface area contributed by atoms with Gasteiger partial charge in [0.25, 0.3) is 0 Å². The Morgan fingerprint density at radius 3 is 2.39 bits per heavy atom. The zero-order chi connectivity index (χ0) is 29.6. The number of carbonyl (C=O) groups excluding carboxylic acids is 4. The van der Waals surface area contributed by atoms with E-state index >= 15 is 0 Å². The molecule has 2 saturated heterocycles. The molecule has 0 saturated carbocycles. The number of amides is 3. The van der Waals surface area contributed by atoms with Crippen LogP contribution in [0.4, 0.5) is 24.5 Å². The Bertz CT molecular complexity index is 1260. The van der Waals surface area contributed by atoms with Gasteiger partial charge in [-0.25, -0.2) is 4.79 Å². The van der Waals surface area contributed by atoms with Crippen molar-refractivity contribution in [2.45, 2.75) is 25.6 Å². The average molecular weight is 576 g/mol. The molecule has 41 heavy (non-hydrogen) atoms. The van der Waals surface area contributed by atoms with Gasteiger partial charge in [-0.3, -0.25) is 19.3 Å². The van der Waals surface area contributed by atoms with Crippen molar-refractivity contribution >= 4 is 35.1 Å². The summed E-state index contributed by atoms with van der Waals surface area (Å²) in [6.45, 7) is 4.27. The number of alkyl halides is 3. The van der Waals surface area contributed by atoms with Crippen molar-refractivity contribution in [3.8, 4) is 0 Å². The molecule has 2 heterocycles. The number of halogens is 3. The Kier molecular flexibility index (Phi) is 9.48. The van der Waals surface area contributed by atoms with Gasteiger partial charge in [0.1, 0.15) is 6.04 Å². The molecular weight excluding hydrogens is 543 g/mol. The number of nitrogens with zero attached hydrogens (tertiary/aromatic N) is 3. The molecule has 0 aromatic heterocycles. The summed E-state index contributed by atoms with van der Waals surface area (Å²) in [4.78, 5) is 55.6. The Morgan fingerprint density at radius 2 is 1.73 bits per heavy atom. The number of ether oxygens (including phenoxy) is 1. The van der Waals surface area contributed by atoms with E-state index in [0.29, 0.717) is 43.1 Å². The normalized spacial score (nSPS) is 18.0. The van der Waals surface area contributed by atoms with Crippen molar-refractivity contribution < 1.29 is 37.1 Å². The fraction of sp³-hybridized carbons (Fsp3) is 0.429. The molecule has 0 unspecified atom stereocenters. The predicted octanol–water partition coefficient (Wildman–Crippen LogP) is 2.36. The molecule has 3 amide bonds. The second-order valence-electron chi connectivity index (χ2n) is 9.76. The molecule has 2 N–H and O–H groups in total. The van der Waals surface area contributed by atoms with Gasteiger partial charge in [-0.1, -0.05) is 6.07 Å². The molecule has 0 spiro atoms. The molecule has 2 fully saturated rings. The van der Waals surface area contributed by atoms with Crippen LogP contribution in [0.15, 0.2) is 48.5 Å². The first kappa shape index (κ1) is 29.8. The van der Waals surface area contributed by atoms with Crippen LogP contribution in [0.2, 0.25) is 0 Å². The minimum atomic E-state index is -4.42. The quantitative estimate of drug-likeness (QED) is 0.465. The first-order chi connectivity index (χ1) is 19.5. The Hall–Kier alpha value is -4.13. The van der Waals surface area contributed by atoms with Gasteiger partial charge < -0.3 is 25.2 Å². The summed E-state index contributed by atoms with van der Waals surface area (Å²) in [7, 11) is 0. The van der Waals surface area contributed by atoms with Gasteiger partial charge in [0.15, 0.2) is 0 Å². The van der Waals surface area contributed by atoms with E-state index in [1.165, 1.54) is 23.1 Å². The molecule has 2 aliphatic heterocycles. The Morgan fingerprint density at radius 1 is 1.02 bits per heavy atom. The van der Waals surface area contributed by atoms with E-state index in [4.69, 9.17) is 4.74 Å². The van der Waals surface area contributed by atoms with Crippen LogP contribution in [0.5, 0.6) is 0 Å². The molecule has 220 valence electrons. The minimum Gasteiger partial charge on any atom is -0.462 e. The fourth-order valence-electron chi connectivity index (χ4n) is 4.83. The Labute approximate surface area is 235 Å². The summed E-state index contributed by atoms with van der Waals surface area (Å²) in [6, 6.07) is 10.3. The molecular formula is C28H32F3N5O5. The third kappa shape index (κ3) is 7.75. The molecule has 4 rings (SSSR count). The minimum absolute atomic E-state index is 0.0250. The molecule has 2 aromatic rings. The lowest BCUT2D eigenvalue weighted by atomic mass is 10.1. The maximum Gasteiger partial charge on any atom is 0.416 e. The van der Waals surface area contributed by atoms with E-state index in [1.807, 2.05) is 9.80 Å². The molecule has 0 radical (unpaired) electrons. The highest BCUT2D eigenvalue weighted by atomic mass is 19.4. The van der Waals surface area contributed by atoms with E-state index in [1.54, 1.807) is 25.1 Å². The number of benzene rings is 2. The van der Waals surface area contributed by atoms with Crippen LogP contribution in [0, 0.1) is 0 Å². The third-order valence-corrected chi connectivity index (χ3v) is 6.98. The van der Waals surface area contributed by atoms with Gasteiger partial charge in [-0.05, 0) is 49.4 Å². The topological polar surface area (TPSA) is 111 Å². The van der Waals surface area contributed by atoms with Crippen molar-refractivity contribution in [3.63, 3.8) is 0 Å². The largest absolute Gasteiger partial charge is 0.462 e. The van der Waals surface area contributed by atoms with Crippen molar-refractivity contribution in [2.75, 3.05) is 62.6 Å². The standard InChI is InChI=1S/C28H32F3N5O5/c1-2-41-27(40)19-6-8-21(9-7-19)33-24(37)17-23-26(39)32-10-11-36(23)25(38)18-34-12-14-35(15-13-34)22-5-3-4-20(16-22)28(29,30)31/h3-9,16,23H,2,10-15,17-18H2,1H3,(H,32,39)(H,33,37)/t23-/m0/s1. The zero-order valence-corrected chi connectivity index (χ0v) is 22.6. The van der Waals surface area contributed by atoms with Gasteiger partial charge in [-0.2, -0.15) is 13.2 Å². The number of esters is 1. The highest BCUT2D eigenvalue weighted by Gasteiger charge is 2.36. The van der Waals surface area contributed by atoms with E-state index in [0.717, 1.165) is 12.1 Å². The van der Waals surface area contributed by atoms with Crippen LogP contribution in [0.1, 0.15) is 29.3 Å². The molecule has 0 aliphatic carbocycles. The van der Waals surface area contributed by atoms with Crippen LogP contribution in [0.25, 0.3) is 0 Å². The van der Waals surface area contributed by atoms with E-state index in [9.17, 15) is 32.3 Å². The monoisotopic (exact) mass is 575 g/mol. The van der Waals surface area contributed by atoms with E-state index in [-0.39, 0.29) is 38.6 Å². The second-order valence-corrected chi connectivity index (χ2v) is 9.76. The van der Waals surface area contributed by atoms with Gasteiger partial charge in [-0.15, -0.1) is 0 Å². The number of nitrogens with one attached hydrogen (secondary N) is 2. The summed E-state index contributed by atoms with van der Waals surface area (Å²) < 4.78 is 44.2. The number of piperazine rings is 2. The van der Waals surface area contributed by atoms with Gasteiger partial charge in [0.05, 0.1) is 30.7 Å². The molecule has 2 aromatic carbocycles. The highest BCUT2D eigenvalue weighted by molar-refractivity contribution is 5.98. The fourth-order valence-corrected chi connectivity index (χ4v) is 4.83. The molecule has 1 atom stereocenters. The third-order valence-electron chi connectivity index (χ3n) is 6.98. The maximum absolute atomic E-state index is 13.2. The second kappa shape index (κ2) is 13.0. The molecule has 10 nitrogen and oxygen atoms in total. The zero-order valence-electron chi connectivity index (χ0n) is 22.6. The number of hydrogen-bond acceptors (Lipinski definition) is 7. The number of anilines is 2. The molecule has 13 heteroatoms. The van der Waals surface area contributed by atoms with Gasteiger partial charge in [0, 0.05) is 50.6 Å². The summed E-state index contributed by atoms with van der Waals surface area (Å²) in [6.07, 6.45) is -4.67. The van der Waals surface area contributed by atoms with Crippen molar-refractivity contribution in [3.05, 3.63) is 59.7 Å². The summed E-state index contributed by atoms with van der Waals surface area (Å²) in [5.74, 6) is -1.67. The van der Waals surface area contributed by atoms with Crippen LogP contribution < -0.4 is 15.5 Å². The lowest BCUT2D eigenvalue weighted by Crippen LogP contribution is -2.60. The summed E-state index contributed by atoms with van der Waals surface area (Å²) >= 11 is 0. The van der Waals surface area contributed by atoms with Crippen LogP contribution in [-0.2, 0) is 25.3 Å². The van der Waals surface area contributed by atoms with Gasteiger partial charge >= 0.3 is 12.1 Å². The van der Waals surface area contributed by atoms with Crippen molar-refractivity contribution in [1.29, 1.82) is 0 Å². The predicted molar refractivity (Wildman–Crippen MR) is 144 cm³/mol. The first-order valence-electron chi connectivity index (χ1n) is 13.3. The smallest absolute Gasteiger partial charge is 0.416 e. The molecule has 0 bridgehead atoms. The lowest BCUT2D eigenvalue weighted by molar-refractivity contribution is -0.145. The number of rotatable bonds is 8. The van der Waals surface area contributed by atoms with Crippen molar-refractivity contribution in [1.82, 2.24) is 15.1 Å². The Balaban J connectivity index is 1.31. The van der Waals surface area contributed by atoms with E-state index < -0.39 is 35.6 Å². The first-order valence-corrected chi connectivity index (χ1v) is 13.3. The number of carbonyl (C=O) groups is 4. The van der Waals surface area contributed by atoms with E-state index in [2.05, 4.69) is 10.6 Å². The lowest BCUT2D eigenvalue weighted by Gasteiger charge is -2.39. The van der Waals surface area contributed by atoms with Crippen molar-refractivity contribution in [2.24, 2.45) is 0 Å². The summed E-state index contributed by atoms with van der Waals surface area (Å²) in [5, 5.41) is 5.38. The van der Waals surface area contributed by atoms with Crippen LogP contribution in [0.3, 0.4) is 0 Å². The molecule has 2 aliphatic rings. The maximum atomic E-state index is 13.2. The van der Waals surface area contributed by atoms with Crippen LogP contribution >= 0.6 is 0 Å². The number of hydrogen-bond donors (Lipinski definition) is 2. The average Bonchev–Trinajstić information content (AvgIpc) is 2.94.